The van der Waals surface area contributed by atoms with Gasteiger partial charge >= 0.3 is 0 Å². The second-order valence-electron chi connectivity index (χ2n) is 5.47. The third kappa shape index (κ3) is 2.23. The van der Waals surface area contributed by atoms with Gasteiger partial charge in [-0.3, -0.25) is 21.0 Å². The van der Waals surface area contributed by atoms with Crippen LogP contribution in [-0.4, -0.2) is 15.7 Å². The Morgan fingerprint density at radius 1 is 1.08 bits per heavy atom. The molecule has 118 valence electrons. The van der Waals surface area contributed by atoms with E-state index in [0.717, 1.165) is 22.2 Å². The Bertz CT molecular complexity index is 1010. The molecular formula is C17H13N5O2. The molecule has 3 aromatic rings. The zero-order valence-corrected chi connectivity index (χ0v) is 12.8. The number of benzene rings is 2. The standard InChI is InChI=1S/C17H13N5O2/c1-10-13-7-2-3-8-14(13)18-17-15(10)19-16(20-21-17)11-5-4-6-12(9-11)22(23)24/h2-9H,1H3,(H,18,21)(H,19,20). The van der Waals surface area contributed by atoms with Crippen LogP contribution in [-0.2, 0) is 0 Å². The molecule has 0 bridgehead atoms. The van der Waals surface area contributed by atoms with E-state index in [2.05, 4.69) is 20.8 Å². The van der Waals surface area contributed by atoms with Crippen molar-refractivity contribution in [1.29, 1.82) is 0 Å². The van der Waals surface area contributed by atoms with Gasteiger partial charge in [0, 0.05) is 23.1 Å². The normalized spacial score (nSPS) is 12.8. The number of aryl methyl sites for hydroxylation is 1. The van der Waals surface area contributed by atoms with Crippen LogP contribution in [0.4, 0.5) is 17.2 Å². The number of rotatable bonds is 2. The first kappa shape index (κ1) is 14.1. The lowest BCUT2D eigenvalue weighted by molar-refractivity contribution is -0.384. The van der Waals surface area contributed by atoms with Gasteiger partial charge < -0.3 is 0 Å². The Morgan fingerprint density at radius 3 is 2.75 bits per heavy atom. The third-order valence-corrected chi connectivity index (χ3v) is 3.97. The summed E-state index contributed by atoms with van der Waals surface area (Å²) in [4.78, 5) is 19.7. The summed E-state index contributed by atoms with van der Waals surface area (Å²) in [5.41, 5.74) is 9.28. The molecule has 1 aliphatic heterocycles. The second kappa shape index (κ2) is 5.31. The number of hydrogen-bond acceptors (Lipinski definition) is 6. The van der Waals surface area contributed by atoms with Gasteiger partial charge in [0.25, 0.3) is 5.69 Å². The maximum absolute atomic E-state index is 11.0. The van der Waals surface area contributed by atoms with E-state index in [4.69, 9.17) is 0 Å². The van der Waals surface area contributed by atoms with Crippen molar-refractivity contribution in [3.8, 4) is 0 Å². The van der Waals surface area contributed by atoms with E-state index in [0.29, 0.717) is 17.2 Å². The lowest BCUT2D eigenvalue weighted by Gasteiger charge is -2.21. The number of hydrazine groups is 1. The Kier molecular flexibility index (Phi) is 3.13. The summed E-state index contributed by atoms with van der Waals surface area (Å²) in [6.45, 7) is 1.99. The van der Waals surface area contributed by atoms with E-state index in [1.54, 1.807) is 12.1 Å². The highest BCUT2D eigenvalue weighted by Gasteiger charge is 2.19. The average molecular weight is 319 g/mol. The molecule has 2 aromatic carbocycles. The van der Waals surface area contributed by atoms with Gasteiger partial charge in [-0.05, 0) is 18.6 Å². The molecule has 0 radical (unpaired) electrons. The monoisotopic (exact) mass is 319 g/mol. The fraction of sp³-hybridized carbons (Fsp3) is 0.0588. The van der Waals surface area contributed by atoms with Crippen LogP contribution < -0.4 is 10.9 Å². The summed E-state index contributed by atoms with van der Waals surface area (Å²) >= 11 is 0. The minimum Gasteiger partial charge on any atom is -0.282 e. The van der Waals surface area contributed by atoms with Gasteiger partial charge in [0.1, 0.15) is 5.69 Å². The van der Waals surface area contributed by atoms with Crippen LogP contribution in [0.2, 0.25) is 0 Å². The molecular weight excluding hydrogens is 306 g/mol. The molecule has 2 N–H and O–H groups in total. The number of pyridine rings is 1. The summed E-state index contributed by atoms with van der Waals surface area (Å²) in [7, 11) is 0. The van der Waals surface area contributed by atoms with Crippen LogP contribution in [0.25, 0.3) is 10.9 Å². The number of nitrogens with one attached hydrogen (secondary N) is 2. The first-order valence-electron chi connectivity index (χ1n) is 7.38. The Hall–Kier alpha value is -3.48. The quantitative estimate of drug-likeness (QED) is 0.557. The molecule has 7 nitrogen and oxygen atoms in total. The molecule has 0 saturated carbocycles. The summed E-state index contributed by atoms with van der Waals surface area (Å²) < 4.78 is 0. The van der Waals surface area contributed by atoms with Gasteiger partial charge in [0.05, 0.1) is 10.4 Å². The van der Waals surface area contributed by atoms with E-state index in [-0.39, 0.29) is 5.69 Å². The number of nitro groups is 1. The molecule has 7 heteroatoms. The van der Waals surface area contributed by atoms with Gasteiger partial charge in [0.2, 0.25) is 0 Å². The number of para-hydroxylation sites is 1. The predicted molar refractivity (Wildman–Crippen MR) is 92.5 cm³/mol. The highest BCUT2D eigenvalue weighted by Crippen LogP contribution is 2.34. The molecule has 0 atom stereocenters. The third-order valence-electron chi connectivity index (χ3n) is 3.97. The lowest BCUT2D eigenvalue weighted by atomic mass is 10.1. The fourth-order valence-electron chi connectivity index (χ4n) is 2.75. The number of aromatic nitrogens is 1. The topological polar surface area (TPSA) is 92.5 Å². The number of nitro benzene ring substituents is 1. The molecule has 0 fully saturated rings. The number of nitrogens with zero attached hydrogens (tertiary/aromatic N) is 3. The summed E-state index contributed by atoms with van der Waals surface area (Å²) in [6, 6.07) is 14.2. The molecule has 1 aliphatic rings. The zero-order chi connectivity index (χ0) is 16.7. The van der Waals surface area contributed by atoms with Crippen LogP contribution in [0, 0.1) is 17.0 Å². The van der Waals surface area contributed by atoms with E-state index in [1.165, 1.54) is 12.1 Å². The van der Waals surface area contributed by atoms with E-state index in [1.807, 2.05) is 31.2 Å². The molecule has 0 aliphatic carbocycles. The molecule has 1 aromatic heterocycles. The predicted octanol–water partition coefficient (Wildman–Crippen LogP) is 3.46. The first-order valence-corrected chi connectivity index (χ1v) is 7.38. The molecule has 0 saturated heterocycles. The van der Waals surface area contributed by atoms with Gasteiger partial charge in [-0.15, -0.1) is 0 Å². The van der Waals surface area contributed by atoms with Crippen molar-refractivity contribution >= 4 is 33.9 Å². The largest absolute Gasteiger partial charge is 0.282 e. The number of hydrogen-bond donors (Lipinski definition) is 2. The van der Waals surface area contributed by atoms with Gasteiger partial charge in [-0.2, -0.15) is 0 Å². The maximum Gasteiger partial charge on any atom is 0.270 e. The van der Waals surface area contributed by atoms with Crippen molar-refractivity contribution < 1.29 is 4.92 Å². The minimum absolute atomic E-state index is 0.0242. The average Bonchev–Trinajstić information content (AvgIpc) is 2.62. The highest BCUT2D eigenvalue weighted by atomic mass is 16.6. The Morgan fingerprint density at radius 2 is 1.92 bits per heavy atom. The summed E-state index contributed by atoms with van der Waals surface area (Å²) in [5.74, 6) is 1.16. The van der Waals surface area contributed by atoms with Crippen molar-refractivity contribution in [2.75, 3.05) is 5.43 Å². The summed E-state index contributed by atoms with van der Waals surface area (Å²) in [6.07, 6.45) is 0. The van der Waals surface area contributed by atoms with Crippen molar-refractivity contribution in [2.24, 2.45) is 4.99 Å². The zero-order valence-electron chi connectivity index (χ0n) is 12.8. The summed E-state index contributed by atoms with van der Waals surface area (Å²) in [5, 5.41) is 12.0. The maximum atomic E-state index is 11.0. The first-order chi connectivity index (χ1) is 11.6. The van der Waals surface area contributed by atoms with E-state index in [9.17, 15) is 10.1 Å². The molecule has 2 heterocycles. The fourth-order valence-corrected chi connectivity index (χ4v) is 2.75. The van der Waals surface area contributed by atoms with Crippen LogP contribution >= 0.6 is 0 Å². The lowest BCUT2D eigenvalue weighted by Crippen LogP contribution is -2.33. The minimum atomic E-state index is -0.422. The number of fused-ring (bicyclic) bond motifs is 2. The van der Waals surface area contributed by atoms with Crippen LogP contribution in [0.1, 0.15) is 11.1 Å². The number of amidine groups is 1. The van der Waals surface area contributed by atoms with Crippen LogP contribution in [0.3, 0.4) is 0 Å². The molecule has 0 spiro atoms. The molecule has 0 amide bonds. The Balaban J connectivity index is 1.86. The highest BCUT2D eigenvalue weighted by molar-refractivity contribution is 6.05. The van der Waals surface area contributed by atoms with E-state index >= 15 is 0 Å². The smallest absolute Gasteiger partial charge is 0.270 e. The number of aliphatic imine (C=N–C) groups is 1. The van der Waals surface area contributed by atoms with Gasteiger partial charge in [-0.25, -0.2) is 9.98 Å². The van der Waals surface area contributed by atoms with Gasteiger partial charge in [-0.1, -0.05) is 30.3 Å². The molecule has 4 rings (SSSR count). The van der Waals surface area contributed by atoms with E-state index < -0.39 is 4.92 Å². The van der Waals surface area contributed by atoms with Crippen LogP contribution in [0.15, 0.2) is 53.5 Å². The van der Waals surface area contributed by atoms with Gasteiger partial charge in [0.15, 0.2) is 11.7 Å². The SMILES string of the molecule is Cc1c2c(nc3ccccc13)NNC(c1cccc([N+](=O)[O-])c1)=N2. The molecule has 24 heavy (non-hydrogen) atoms. The second-order valence-corrected chi connectivity index (χ2v) is 5.47. The number of non-ortho nitro benzene ring substituents is 1. The van der Waals surface area contributed by atoms with Crippen molar-refractivity contribution in [3.63, 3.8) is 0 Å². The Labute approximate surface area is 137 Å². The van der Waals surface area contributed by atoms with Crippen molar-refractivity contribution in [3.05, 3.63) is 69.8 Å². The number of anilines is 1. The van der Waals surface area contributed by atoms with Crippen LogP contribution in [0.5, 0.6) is 0 Å². The van der Waals surface area contributed by atoms with Crippen molar-refractivity contribution in [2.45, 2.75) is 6.92 Å². The van der Waals surface area contributed by atoms with Crippen molar-refractivity contribution in [1.82, 2.24) is 10.4 Å². The molecule has 0 unspecified atom stereocenters.